The summed E-state index contributed by atoms with van der Waals surface area (Å²) in [5.74, 6) is 2.22. The van der Waals surface area contributed by atoms with Crippen LogP contribution < -0.4 is 14.2 Å². The van der Waals surface area contributed by atoms with E-state index in [-0.39, 0.29) is 19.8 Å². The van der Waals surface area contributed by atoms with Crippen molar-refractivity contribution in [3.63, 3.8) is 0 Å². The Hall–Kier alpha value is -3.90. The second-order valence-electron chi connectivity index (χ2n) is 9.58. The first kappa shape index (κ1) is 32.0. The highest BCUT2D eigenvalue weighted by Gasteiger charge is 2.48. The average Bonchev–Trinajstić information content (AvgIpc) is 3.05. The van der Waals surface area contributed by atoms with E-state index in [1.165, 1.54) is 0 Å². The molecule has 1 saturated heterocycles. The van der Waals surface area contributed by atoms with Gasteiger partial charge in [-0.1, -0.05) is 41.5 Å². The van der Waals surface area contributed by atoms with Gasteiger partial charge in [-0.3, -0.25) is 0 Å². The summed E-state index contributed by atoms with van der Waals surface area (Å²) in [5, 5.41) is 3.98. The minimum absolute atomic E-state index is 0.141. The van der Waals surface area contributed by atoms with Crippen LogP contribution >= 0.6 is 12.2 Å². The molecule has 0 unspecified atom stereocenters. The number of azide groups is 1. The van der Waals surface area contributed by atoms with Gasteiger partial charge in [-0.15, -0.1) is 0 Å². The van der Waals surface area contributed by atoms with E-state index < -0.39 is 30.6 Å². The van der Waals surface area contributed by atoms with Crippen LogP contribution in [0.1, 0.15) is 16.7 Å². The van der Waals surface area contributed by atoms with Crippen LogP contribution in [-0.4, -0.2) is 64.1 Å². The maximum Gasteiger partial charge on any atom is 0.211 e. The number of rotatable bonds is 16. The number of benzene rings is 3. The van der Waals surface area contributed by atoms with E-state index >= 15 is 0 Å². The van der Waals surface area contributed by atoms with Gasteiger partial charge in [-0.05, 0) is 70.8 Å². The molecule has 0 amide bonds. The molecule has 12 heteroatoms. The fourth-order valence-corrected chi connectivity index (χ4v) is 4.72. The van der Waals surface area contributed by atoms with Crippen molar-refractivity contribution in [1.29, 1.82) is 0 Å². The smallest absolute Gasteiger partial charge is 0.211 e. The molecule has 0 aliphatic carbocycles. The molecule has 43 heavy (non-hydrogen) atoms. The van der Waals surface area contributed by atoms with Gasteiger partial charge in [-0.2, -0.15) is 0 Å². The highest BCUT2D eigenvalue weighted by Crippen LogP contribution is 2.31. The fraction of sp³-hybridized carbons (Fsp3) is 0.387. The van der Waals surface area contributed by atoms with Crippen LogP contribution in [0, 0.1) is 0 Å². The Kier molecular flexibility index (Phi) is 12.4. The highest BCUT2D eigenvalue weighted by atomic mass is 32.1. The van der Waals surface area contributed by atoms with Gasteiger partial charge >= 0.3 is 0 Å². The van der Waals surface area contributed by atoms with Gasteiger partial charge in [-0.25, -0.2) is 0 Å². The maximum atomic E-state index is 9.43. The number of thiocarbonyl (C=S) groups is 1. The molecule has 0 saturated carbocycles. The minimum atomic E-state index is -1.01. The molecule has 1 aliphatic heterocycles. The Morgan fingerprint density at radius 3 is 1.65 bits per heavy atom. The van der Waals surface area contributed by atoms with Crippen molar-refractivity contribution in [2.45, 2.75) is 50.5 Å². The maximum absolute atomic E-state index is 9.43. The number of ether oxygens (including phenoxy) is 8. The van der Waals surface area contributed by atoms with E-state index in [1.54, 1.807) is 21.3 Å². The number of hydrogen-bond acceptors (Lipinski definition) is 10. The van der Waals surface area contributed by atoms with Crippen LogP contribution in [0.4, 0.5) is 0 Å². The predicted octanol–water partition coefficient (Wildman–Crippen LogP) is 5.78. The number of methoxy groups -OCH3 is 3. The van der Waals surface area contributed by atoms with Crippen LogP contribution in [0.5, 0.6) is 17.2 Å². The zero-order valence-corrected chi connectivity index (χ0v) is 25.1. The Balaban J connectivity index is 1.57. The zero-order chi connectivity index (χ0) is 30.4. The normalized spacial score (nSPS) is 21.3. The molecule has 3 aromatic carbocycles. The Bertz CT molecular complexity index is 1320. The standard InChI is InChI=1S/C31H35N3O8S/c1-35-24-10-4-21(5-11-24)16-38-19-27-29(39-17-22-6-12-25(36-2)13-7-22)30(28(33-34-32)31(42-27)41-20-43)40-18-23-8-14-26(37-3)15-9-23/h4-15,20,27-31H,16-19H2,1-3H3/t27-,28-,29-,30-,31-/m1/s1. The second-order valence-corrected chi connectivity index (χ2v) is 9.77. The SMILES string of the molecule is COc1ccc(COC[C@H]2O[C@@H](OC=S)[C@H](N=[N+]=[N-])[C@@H](OCc3ccc(OC)cc3)[C@@H]2OCc2ccc(OC)cc2)cc1. The molecule has 0 N–H and O–H groups in total. The van der Waals surface area contributed by atoms with Crippen LogP contribution in [0.3, 0.4) is 0 Å². The van der Waals surface area contributed by atoms with E-state index in [4.69, 9.17) is 50.1 Å². The molecule has 1 fully saturated rings. The predicted molar refractivity (Wildman–Crippen MR) is 162 cm³/mol. The average molecular weight is 610 g/mol. The summed E-state index contributed by atoms with van der Waals surface area (Å²) >= 11 is 4.95. The Morgan fingerprint density at radius 1 is 0.744 bits per heavy atom. The third-order valence-corrected chi connectivity index (χ3v) is 7.01. The minimum Gasteiger partial charge on any atom is -0.497 e. The lowest BCUT2D eigenvalue weighted by Gasteiger charge is -2.44. The first-order valence-electron chi connectivity index (χ1n) is 13.6. The van der Waals surface area contributed by atoms with Gasteiger partial charge in [0.25, 0.3) is 0 Å². The largest absolute Gasteiger partial charge is 0.497 e. The molecule has 3 aromatic rings. The quantitative estimate of drug-likeness (QED) is 0.0861. The summed E-state index contributed by atoms with van der Waals surface area (Å²) in [6.07, 6.45) is -3.12. The Labute approximate surface area is 256 Å². The molecule has 4 rings (SSSR count). The van der Waals surface area contributed by atoms with Crippen molar-refractivity contribution in [2.24, 2.45) is 5.11 Å². The van der Waals surface area contributed by atoms with Crippen LogP contribution in [0.2, 0.25) is 0 Å². The molecule has 228 valence electrons. The third-order valence-electron chi connectivity index (χ3n) is 6.90. The van der Waals surface area contributed by atoms with Gasteiger partial charge < -0.3 is 37.9 Å². The van der Waals surface area contributed by atoms with E-state index in [0.717, 1.165) is 39.5 Å². The second kappa shape index (κ2) is 16.7. The highest BCUT2D eigenvalue weighted by molar-refractivity contribution is 7.78. The van der Waals surface area contributed by atoms with Crippen molar-refractivity contribution in [3.05, 3.63) is 99.9 Å². The summed E-state index contributed by atoms with van der Waals surface area (Å²) < 4.78 is 46.5. The van der Waals surface area contributed by atoms with Gasteiger partial charge in [0.05, 0.1) is 47.8 Å². The molecule has 11 nitrogen and oxygen atoms in total. The zero-order valence-electron chi connectivity index (χ0n) is 24.2. The molecule has 0 aromatic heterocycles. The van der Waals surface area contributed by atoms with Gasteiger partial charge in [0.2, 0.25) is 6.29 Å². The lowest BCUT2D eigenvalue weighted by molar-refractivity contribution is -0.267. The van der Waals surface area contributed by atoms with E-state index in [9.17, 15) is 5.53 Å². The lowest BCUT2D eigenvalue weighted by atomic mass is 9.96. The molecule has 1 heterocycles. The summed E-state index contributed by atoms with van der Waals surface area (Å²) in [6, 6.07) is 21.7. The molecule has 1 aliphatic rings. The van der Waals surface area contributed by atoms with Crippen LogP contribution in [-0.2, 0) is 43.5 Å². The first-order chi connectivity index (χ1) is 21.1. The van der Waals surface area contributed by atoms with Gasteiger partial charge in [0, 0.05) is 4.91 Å². The number of nitrogens with zero attached hydrogens (tertiary/aromatic N) is 3. The number of hydrogen-bond donors (Lipinski definition) is 0. The fourth-order valence-electron chi connectivity index (χ4n) is 4.61. The van der Waals surface area contributed by atoms with Crippen molar-refractivity contribution < 1.29 is 37.9 Å². The topological polar surface area (TPSA) is 123 Å². The molecule has 0 radical (unpaired) electrons. The van der Waals surface area contributed by atoms with Crippen LogP contribution in [0.25, 0.3) is 10.4 Å². The molecular weight excluding hydrogens is 574 g/mol. The van der Waals surface area contributed by atoms with E-state index in [2.05, 4.69) is 10.0 Å². The summed E-state index contributed by atoms with van der Waals surface area (Å²) in [4.78, 5) is 3.04. The van der Waals surface area contributed by atoms with Crippen molar-refractivity contribution in [2.75, 3.05) is 27.9 Å². The monoisotopic (exact) mass is 609 g/mol. The lowest BCUT2D eigenvalue weighted by Crippen LogP contribution is -2.60. The summed E-state index contributed by atoms with van der Waals surface area (Å²) in [7, 11) is 4.84. The van der Waals surface area contributed by atoms with Crippen LogP contribution in [0.15, 0.2) is 77.9 Å². The van der Waals surface area contributed by atoms with Crippen molar-refractivity contribution >= 4 is 17.8 Å². The summed E-state index contributed by atoms with van der Waals surface area (Å²) in [5.41, 5.74) is 13.3. The molecule has 0 spiro atoms. The van der Waals surface area contributed by atoms with E-state index in [0.29, 0.717) is 6.61 Å². The molecule has 0 bridgehead atoms. The Morgan fingerprint density at radius 2 is 1.21 bits per heavy atom. The molecular formula is C31H35N3O8S. The van der Waals surface area contributed by atoms with Gasteiger partial charge in [0.1, 0.15) is 47.2 Å². The molecule has 5 atom stereocenters. The van der Waals surface area contributed by atoms with Gasteiger partial charge in [0.15, 0.2) is 0 Å². The van der Waals surface area contributed by atoms with Crippen molar-refractivity contribution in [3.8, 4) is 17.2 Å². The first-order valence-corrected chi connectivity index (χ1v) is 14.0. The third kappa shape index (κ3) is 9.04. The summed E-state index contributed by atoms with van der Waals surface area (Å²) in [6.45, 7) is 0.905. The van der Waals surface area contributed by atoms with Crippen molar-refractivity contribution in [1.82, 2.24) is 0 Å². The van der Waals surface area contributed by atoms with E-state index in [1.807, 2.05) is 72.8 Å².